The van der Waals surface area contributed by atoms with Crippen molar-refractivity contribution in [2.75, 3.05) is 12.8 Å². The largest absolute Gasteiger partial charge is 0.329 e. The summed E-state index contributed by atoms with van der Waals surface area (Å²) in [4.78, 5) is 11.0. The van der Waals surface area contributed by atoms with E-state index in [4.69, 9.17) is 5.73 Å². The van der Waals surface area contributed by atoms with Gasteiger partial charge in [0.05, 0.1) is 0 Å². The second-order valence-corrected chi connectivity index (χ2v) is 5.98. The summed E-state index contributed by atoms with van der Waals surface area (Å²) in [6, 6.07) is 0. The summed E-state index contributed by atoms with van der Waals surface area (Å²) in [6.07, 6.45) is 4.06. The Kier molecular flexibility index (Phi) is 7.90. The molecular weight excluding hydrogens is 202 g/mol. The number of Topliss-reactive ketones (excluding diaryl/α,β-unsaturated/α-hetero) is 1. The molecule has 0 spiro atoms. The van der Waals surface area contributed by atoms with Gasteiger partial charge in [-0.2, -0.15) is 0 Å². The number of ketones is 1. The number of nitrogens with two attached hydrogens (primary N) is 1. The molecule has 0 aromatic heterocycles. The Bertz CT molecular complexity index is 153. The number of carbonyl (C=O) groups excluding carboxylic acids is 1. The van der Waals surface area contributed by atoms with Crippen molar-refractivity contribution in [1.29, 1.82) is 0 Å². The Morgan fingerprint density at radius 1 is 1.46 bits per heavy atom. The maximum absolute atomic E-state index is 11.0. The van der Waals surface area contributed by atoms with Crippen LogP contribution in [0.2, 0.25) is 0 Å². The lowest BCUT2D eigenvalue weighted by molar-refractivity contribution is -0.120. The standard InChI is InChI=1S/C9H19NOS2/c1-7(8(2)11)4-5-9(6-10)13-12-3/h7,9H,4-6,10H2,1-3H3/t7-,9?/m0/s1. The Hall–Kier alpha value is 0.330. The van der Waals surface area contributed by atoms with Gasteiger partial charge in [0, 0.05) is 17.7 Å². The SMILES string of the molecule is CSSC(CN)CC[C@H](C)C(C)=O. The van der Waals surface area contributed by atoms with Crippen LogP contribution >= 0.6 is 21.6 Å². The maximum atomic E-state index is 11.0. The van der Waals surface area contributed by atoms with Gasteiger partial charge in [0.15, 0.2) is 0 Å². The molecule has 2 N–H and O–H groups in total. The van der Waals surface area contributed by atoms with Crippen LogP contribution in [0.4, 0.5) is 0 Å². The van der Waals surface area contributed by atoms with Gasteiger partial charge >= 0.3 is 0 Å². The van der Waals surface area contributed by atoms with Crippen LogP contribution in [0.3, 0.4) is 0 Å². The fourth-order valence-electron chi connectivity index (χ4n) is 0.980. The number of hydrogen-bond acceptors (Lipinski definition) is 4. The lowest BCUT2D eigenvalue weighted by Crippen LogP contribution is -2.18. The van der Waals surface area contributed by atoms with Crippen LogP contribution in [0.15, 0.2) is 0 Å². The summed E-state index contributed by atoms with van der Waals surface area (Å²) in [5.41, 5.74) is 5.60. The Morgan fingerprint density at radius 2 is 2.08 bits per heavy atom. The highest BCUT2D eigenvalue weighted by Crippen LogP contribution is 2.27. The molecular formula is C9H19NOS2. The van der Waals surface area contributed by atoms with Crippen molar-refractivity contribution < 1.29 is 4.79 Å². The monoisotopic (exact) mass is 221 g/mol. The third kappa shape index (κ3) is 6.41. The molecule has 0 radical (unpaired) electrons. The average molecular weight is 221 g/mol. The highest BCUT2D eigenvalue weighted by Gasteiger charge is 2.12. The molecule has 0 aliphatic carbocycles. The molecule has 0 aromatic rings. The van der Waals surface area contributed by atoms with E-state index >= 15 is 0 Å². The third-order valence-electron chi connectivity index (χ3n) is 2.11. The molecule has 0 saturated heterocycles. The smallest absolute Gasteiger partial charge is 0.132 e. The van der Waals surface area contributed by atoms with Crippen LogP contribution in [0, 0.1) is 5.92 Å². The van der Waals surface area contributed by atoms with E-state index in [2.05, 4.69) is 6.26 Å². The molecule has 78 valence electrons. The van der Waals surface area contributed by atoms with Crippen LogP contribution in [-0.2, 0) is 4.79 Å². The first kappa shape index (κ1) is 13.3. The van der Waals surface area contributed by atoms with Crippen LogP contribution in [0.1, 0.15) is 26.7 Å². The van der Waals surface area contributed by atoms with Gasteiger partial charge in [-0.15, -0.1) is 0 Å². The van der Waals surface area contributed by atoms with Crippen molar-refractivity contribution >= 4 is 27.4 Å². The van der Waals surface area contributed by atoms with E-state index in [9.17, 15) is 4.79 Å². The number of carbonyl (C=O) groups is 1. The van der Waals surface area contributed by atoms with Gasteiger partial charge in [-0.05, 0) is 26.0 Å². The Morgan fingerprint density at radius 3 is 2.46 bits per heavy atom. The molecule has 2 nitrogen and oxygen atoms in total. The third-order valence-corrected chi connectivity index (χ3v) is 4.40. The molecule has 0 aliphatic heterocycles. The molecule has 0 heterocycles. The van der Waals surface area contributed by atoms with Gasteiger partial charge in [0.25, 0.3) is 0 Å². The van der Waals surface area contributed by atoms with Crippen molar-refractivity contribution in [3.63, 3.8) is 0 Å². The van der Waals surface area contributed by atoms with Crippen molar-refractivity contribution in [2.45, 2.75) is 31.9 Å². The van der Waals surface area contributed by atoms with Crippen molar-refractivity contribution in [1.82, 2.24) is 0 Å². The van der Waals surface area contributed by atoms with E-state index in [1.54, 1.807) is 17.7 Å². The van der Waals surface area contributed by atoms with Crippen LogP contribution in [0.5, 0.6) is 0 Å². The molecule has 4 heteroatoms. The Balaban J connectivity index is 3.64. The maximum Gasteiger partial charge on any atom is 0.132 e. The van der Waals surface area contributed by atoms with Crippen molar-refractivity contribution in [2.24, 2.45) is 11.7 Å². The predicted octanol–water partition coefficient (Wildman–Crippen LogP) is 2.33. The highest BCUT2D eigenvalue weighted by molar-refractivity contribution is 8.76. The normalized spacial score (nSPS) is 15.4. The summed E-state index contributed by atoms with van der Waals surface area (Å²) in [6.45, 7) is 4.35. The lowest BCUT2D eigenvalue weighted by atomic mass is 10.0. The topological polar surface area (TPSA) is 43.1 Å². The first-order valence-corrected chi connectivity index (χ1v) is 7.13. The second-order valence-electron chi connectivity index (χ2n) is 3.21. The van der Waals surface area contributed by atoms with Gasteiger partial charge in [0.2, 0.25) is 0 Å². The molecule has 0 aromatic carbocycles. The zero-order chi connectivity index (χ0) is 10.3. The minimum atomic E-state index is 0.191. The molecule has 13 heavy (non-hydrogen) atoms. The molecule has 2 atom stereocenters. The fourth-order valence-corrected chi connectivity index (χ4v) is 2.90. The molecule has 0 bridgehead atoms. The van der Waals surface area contributed by atoms with Gasteiger partial charge < -0.3 is 5.73 Å². The summed E-state index contributed by atoms with van der Waals surface area (Å²) < 4.78 is 0. The predicted molar refractivity (Wildman–Crippen MR) is 63.0 cm³/mol. The molecule has 0 amide bonds. The number of hydrogen-bond donors (Lipinski definition) is 1. The van der Waals surface area contributed by atoms with Crippen molar-refractivity contribution in [3.8, 4) is 0 Å². The van der Waals surface area contributed by atoms with Gasteiger partial charge in [-0.25, -0.2) is 0 Å². The van der Waals surface area contributed by atoms with E-state index in [0.717, 1.165) is 12.8 Å². The first-order chi connectivity index (χ1) is 6.11. The minimum absolute atomic E-state index is 0.191. The summed E-state index contributed by atoms with van der Waals surface area (Å²) in [5, 5.41) is 0.497. The molecule has 1 unspecified atom stereocenters. The van der Waals surface area contributed by atoms with E-state index in [1.165, 1.54) is 0 Å². The fraction of sp³-hybridized carbons (Fsp3) is 0.889. The first-order valence-electron chi connectivity index (χ1n) is 4.51. The molecule has 0 aliphatic rings. The average Bonchev–Trinajstić information content (AvgIpc) is 2.11. The van der Waals surface area contributed by atoms with Gasteiger partial charge in [-0.3, -0.25) is 4.79 Å². The van der Waals surface area contributed by atoms with E-state index in [1.807, 2.05) is 17.7 Å². The van der Waals surface area contributed by atoms with Crippen LogP contribution in [-0.4, -0.2) is 23.8 Å². The zero-order valence-electron chi connectivity index (χ0n) is 8.58. The lowest BCUT2D eigenvalue weighted by Gasteiger charge is -2.14. The molecule has 0 saturated carbocycles. The summed E-state index contributed by atoms with van der Waals surface area (Å²) in [7, 11) is 3.56. The quantitative estimate of drug-likeness (QED) is 0.670. The highest BCUT2D eigenvalue weighted by atomic mass is 33.1. The van der Waals surface area contributed by atoms with Crippen LogP contribution in [0.25, 0.3) is 0 Å². The Labute approximate surface area is 88.8 Å². The van der Waals surface area contributed by atoms with Gasteiger partial charge in [-0.1, -0.05) is 28.5 Å². The van der Waals surface area contributed by atoms with E-state index in [0.29, 0.717) is 11.8 Å². The minimum Gasteiger partial charge on any atom is -0.329 e. The molecule has 0 fully saturated rings. The number of rotatable bonds is 7. The zero-order valence-corrected chi connectivity index (χ0v) is 10.2. The van der Waals surface area contributed by atoms with Crippen LogP contribution < -0.4 is 5.73 Å². The van der Waals surface area contributed by atoms with Crippen molar-refractivity contribution in [3.05, 3.63) is 0 Å². The van der Waals surface area contributed by atoms with E-state index < -0.39 is 0 Å². The second kappa shape index (κ2) is 7.71. The summed E-state index contributed by atoms with van der Waals surface area (Å²) in [5.74, 6) is 0.474. The van der Waals surface area contributed by atoms with Gasteiger partial charge in [0.1, 0.15) is 5.78 Å². The molecule has 0 rings (SSSR count). The summed E-state index contributed by atoms with van der Waals surface area (Å²) >= 11 is 0. The van der Waals surface area contributed by atoms with E-state index in [-0.39, 0.29) is 11.7 Å².